The predicted octanol–water partition coefficient (Wildman–Crippen LogP) is 4.05. The van der Waals surface area contributed by atoms with Gasteiger partial charge in [-0.05, 0) is 29.8 Å². The quantitative estimate of drug-likeness (QED) is 0.495. The van der Waals surface area contributed by atoms with Crippen molar-refractivity contribution in [3.05, 3.63) is 82.9 Å². The smallest absolute Gasteiger partial charge is 0.162 e. The molecule has 0 saturated heterocycles. The van der Waals surface area contributed by atoms with Gasteiger partial charge in [-0.25, -0.2) is 4.98 Å². The molecule has 1 heterocycles. The largest absolute Gasteiger partial charge is 0.489 e. The highest BCUT2D eigenvalue weighted by Gasteiger charge is 2.16. The molecule has 0 radical (unpaired) electrons. The molecule has 0 amide bonds. The van der Waals surface area contributed by atoms with Crippen molar-refractivity contribution in [3.63, 3.8) is 0 Å². The summed E-state index contributed by atoms with van der Waals surface area (Å²) in [7, 11) is 3.44. The minimum atomic E-state index is 0.394. The van der Waals surface area contributed by atoms with Crippen molar-refractivity contribution in [3.8, 4) is 5.75 Å². The molecule has 3 rings (SSSR count). The van der Waals surface area contributed by atoms with E-state index in [0.717, 1.165) is 22.7 Å². The molecule has 128 valence electrons. The lowest BCUT2D eigenvalue weighted by Crippen LogP contribution is -2.14. The first-order chi connectivity index (χ1) is 12.2. The van der Waals surface area contributed by atoms with Gasteiger partial charge >= 0.3 is 0 Å². The van der Waals surface area contributed by atoms with E-state index in [-0.39, 0.29) is 0 Å². The first-order valence-corrected chi connectivity index (χ1v) is 8.12. The van der Waals surface area contributed by atoms with Gasteiger partial charge in [-0.15, -0.1) is 0 Å². The van der Waals surface area contributed by atoms with Crippen LogP contribution >= 0.6 is 11.6 Å². The third-order valence-electron chi connectivity index (χ3n) is 3.70. The maximum Gasteiger partial charge on any atom is 0.162 e. The van der Waals surface area contributed by atoms with Crippen LogP contribution in [0.5, 0.6) is 5.75 Å². The molecule has 0 aliphatic rings. The minimum Gasteiger partial charge on any atom is -0.489 e. The summed E-state index contributed by atoms with van der Waals surface area (Å²) in [6.45, 7) is 0.394. The Morgan fingerprint density at radius 3 is 2.60 bits per heavy atom. The number of halogens is 1. The Labute approximate surface area is 151 Å². The molecule has 0 atom stereocenters. The normalized spacial score (nSPS) is 11.4. The summed E-state index contributed by atoms with van der Waals surface area (Å²) >= 11 is 5.91. The summed E-state index contributed by atoms with van der Waals surface area (Å²) < 4.78 is 7.78. The summed E-state index contributed by atoms with van der Waals surface area (Å²) in [5.41, 5.74) is 2.55. The zero-order valence-corrected chi connectivity index (χ0v) is 14.8. The van der Waals surface area contributed by atoms with E-state index >= 15 is 0 Å². The summed E-state index contributed by atoms with van der Waals surface area (Å²) in [5.74, 6) is 1.47. The van der Waals surface area contributed by atoms with Gasteiger partial charge in [0.15, 0.2) is 11.5 Å². The fraction of sp³-hybridized carbons (Fsp3) is 0.158. The fourth-order valence-electron chi connectivity index (χ4n) is 2.46. The van der Waals surface area contributed by atoms with Crippen LogP contribution in [-0.4, -0.2) is 22.4 Å². The van der Waals surface area contributed by atoms with Gasteiger partial charge in [0, 0.05) is 30.0 Å². The van der Waals surface area contributed by atoms with E-state index in [0.29, 0.717) is 17.3 Å². The van der Waals surface area contributed by atoms with E-state index in [1.54, 1.807) is 18.3 Å². The average molecular weight is 356 g/mol. The van der Waals surface area contributed by atoms with Crippen molar-refractivity contribution < 1.29 is 9.57 Å². The lowest BCUT2D eigenvalue weighted by Gasteiger charge is -2.13. The van der Waals surface area contributed by atoms with Crippen molar-refractivity contribution in [2.75, 3.05) is 7.11 Å². The number of nitrogens with zero attached hydrogens (tertiary/aromatic N) is 3. The van der Waals surface area contributed by atoms with Crippen molar-refractivity contribution in [2.24, 2.45) is 12.2 Å². The summed E-state index contributed by atoms with van der Waals surface area (Å²) in [6.07, 6.45) is 3.60. The Hall–Kier alpha value is -2.79. The number of oxime groups is 1. The number of aromatic nitrogens is 2. The molecule has 2 aromatic carbocycles. The number of benzene rings is 2. The van der Waals surface area contributed by atoms with Crippen molar-refractivity contribution in [2.45, 2.75) is 6.61 Å². The number of ether oxygens (including phenoxy) is 1. The molecular formula is C19H18ClN3O2. The van der Waals surface area contributed by atoms with Crippen LogP contribution in [0.1, 0.15) is 17.0 Å². The van der Waals surface area contributed by atoms with Gasteiger partial charge in [0.1, 0.15) is 19.5 Å². The molecule has 25 heavy (non-hydrogen) atoms. The Morgan fingerprint density at radius 1 is 1.16 bits per heavy atom. The van der Waals surface area contributed by atoms with Crippen LogP contribution in [0.25, 0.3) is 0 Å². The maximum absolute atomic E-state index is 5.91. The number of hydrogen-bond donors (Lipinski definition) is 0. The molecule has 0 bridgehead atoms. The fourth-order valence-corrected chi connectivity index (χ4v) is 2.59. The van der Waals surface area contributed by atoms with Gasteiger partial charge < -0.3 is 14.1 Å². The number of imidazole rings is 1. The van der Waals surface area contributed by atoms with Gasteiger partial charge in [-0.1, -0.05) is 41.0 Å². The molecule has 0 saturated carbocycles. The second kappa shape index (κ2) is 7.85. The van der Waals surface area contributed by atoms with E-state index in [4.69, 9.17) is 21.2 Å². The molecule has 0 spiro atoms. The van der Waals surface area contributed by atoms with Crippen LogP contribution in [0.2, 0.25) is 5.02 Å². The molecule has 0 aliphatic carbocycles. The Morgan fingerprint density at radius 2 is 1.92 bits per heavy atom. The molecule has 3 aromatic rings. The van der Waals surface area contributed by atoms with Gasteiger partial charge in [0.2, 0.25) is 0 Å². The van der Waals surface area contributed by atoms with Crippen LogP contribution in [0.3, 0.4) is 0 Å². The van der Waals surface area contributed by atoms with E-state index in [1.807, 2.05) is 54.2 Å². The third kappa shape index (κ3) is 4.00. The van der Waals surface area contributed by atoms with Crippen LogP contribution in [-0.2, 0) is 18.5 Å². The monoisotopic (exact) mass is 355 g/mol. The van der Waals surface area contributed by atoms with Crippen LogP contribution < -0.4 is 4.74 Å². The Balaban J connectivity index is 1.90. The van der Waals surface area contributed by atoms with Crippen LogP contribution in [0.15, 0.2) is 66.1 Å². The minimum absolute atomic E-state index is 0.394. The van der Waals surface area contributed by atoms with E-state index in [9.17, 15) is 0 Å². The molecule has 0 N–H and O–H groups in total. The molecule has 0 fully saturated rings. The van der Waals surface area contributed by atoms with Crippen molar-refractivity contribution in [1.29, 1.82) is 0 Å². The zero-order chi connectivity index (χ0) is 17.6. The number of rotatable bonds is 6. The Kier molecular flexibility index (Phi) is 5.36. The average Bonchev–Trinajstić information content (AvgIpc) is 3.05. The first-order valence-electron chi connectivity index (χ1n) is 7.74. The second-order valence-electron chi connectivity index (χ2n) is 5.38. The molecule has 0 aliphatic heterocycles. The molecule has 0 unspecified atom stereocenters. The predicted molar refractivity (Wildman–Crippen MR) is 98.1 cm³/mol. The molecular weight excluding hydrogens is 338 g/mol. The first kappa shape index (κ1) is 17.0. The van der Waals surface area contributed by atoms with Gasteiger partial charge in [-0.3, -0.25) is 0 Å². The van der Waals surface area contributed by atoms with E-state index in [2.05, 4.69) is 10.1 Å². The van der Waals surface area contributed by atoms with E-state index < -0.39 is 0 Å². The zero-order valence-electron chi connectivity index (χ0n) is 14.0. The highest BCUT2D eigenvalue weighted by molar-refractivity contribution is 6.30. The van der Waals surface area contributed by atoms with Gasteiger partial charge in [0.05, 0.1) is 0 Å². The molecule has 1 aromatic heterocycles. The number of hydrogen-bond acceptors (Lipinski definition) is 4. The maximum atomic E-state index is 5.91. The van der Waals surface area contributed by atoms with E-state index in [1.165, 1.54) is 7.11 Å². The number of aryl methyl sites for hydroxylation is 1. The van der Waals surface area contributed by atoms with Gasteiger partial charge in [0.25, 0.3) is 0 Å². The topological polar surface area (TPSA) is 48.6 Å². The SMILES string of the molecule is CO/N=C(/c1ccccc1COc1ccc(Cl)cc1)c1nccn1C. The highest BCUT2D eigenvalue weighted by Crippen LogP contribution is 2.20. The molecule has 5 nitrogen and oxygen atoms in total. The lowest BCUT2D eigenvalue weighted by molar-refractivity contribution is 0.213. The Bertz CT molecular complexity index is 872. The standard InChI is InChI=1S/C19H18ClN3O2/c1-23-12-11-21-19(23)18(22-24-2)17-6-4-3-5-14(17)13-25-16-9-7-15(20)8-10-16/h3-12H,13H2,1-2H3/b22-18-. The van der Waals surface area contributed by atoms with Crippen LogP contribution in [0, 0.1) is 0 Å². The highest BCUT2D eigenvalue weighted by atomic mass is 35.5. The summed E-state index contributed by atoms with van der Waals surface area (Å²) in [6, 6.07) is 15.2. The lowest BCUT2D eigenvalue weighted by atomic mass is 10.0. The second-order valence-corrected chi connectivity index (χ2v) is 5.82. The van der Waals surface area contributed by atoms with Crippen molar-refractivity contribution >= 4 is 17.3 Å². The summed E-state index contributed by atoms with van der Waals surface area (Å²) in [5, 5.41) is 4.86. The summed E-state index contributed by atoms with van der Waals surface area (Å²) in [4.78, 5) is 9.42. The van der Waals surface area contributed by atoms with Gasteiger partial charge in [-0.2, -0.15) is 0 Å². The van der Waals surface area contributed by atoms with Crippen molar-refractivity contribution in [1.82, 2.24) is 9.55 Å². The third-order valence-corrected chi connectivity index (χ3v) is 3.95. The van der Waals surface area contributed by atoms with Crippen LogP contribution in [0.4, 0.5) is 0 Å². The molecule has 6 heteroatoms.